The molecule has 5 heteroatoms. The normalized spacial score (nSPS) is 10.2. The summed E-state index contributed by atoms with van der Waals surface area (Å²) in [6.07, 6.45) is 0. The largest absolute Gasteiger partial charge is 0.486 e. The highest BCUT2D eigenvalue weighted by Gasteiger charge is 2.16. The molecule has 4 nitrogen and oxygen atoms in total. The van der Waals surface area contributed by atoms with E-state index in [9.17, 15) is 4.79 Å². The topological polar surface area (TPSA) is 61.5 Å². The number of hydrogen-bond acceptors (Lipinski definition) is 4. The average Bonchev–Trinajstić information content (AvgIpc) is 2.46. The van der Waals surface area contributed by atoms with Gasteiger partial charge in [-0.25, -0.2) is 4.79 Å². The van der Waals surface area contributed by atoms with Crippen molar-refractivity contribution in [3.63, 3.8) is 0 Å². The summed E-state index contributed by atoms with van der Waals surface area (Å²) in [6, 6.07) is 12.8. The first kappa shape index (κ1) is 15.4. The number of hydrogen-bond donors (Lipinski definition) is 1. The highest BCUT2D eigenvalue weighted by Crippen LogP contribution is 2.28. The zero-order valence-corrected chi connectivity index (χ0v) is 13.2. The summed E-state index contributed by atoms with van der Waals surface area (Å²) in [7, 11) is 0. The molecule has 0 radical (unpaired) electrons. The Hall–Kier alpha value is -2.01. The number of halogens is 1. The summed E-state index contributed by atoms with van der Waals surface area (Å²) in [6.45, 7) is 2.38. The molecule has 2 aromatic carbocycles. The van der Waals surface area contributed by atoms with Crippen LogP contribution in [0.15, 0.2) is 46.9 Å². The fourth-order valence-electron chi connectivity index (χ4n) is 1.87. The molecule has 0 unspecified atom stereocenters. The van der Waals surface area contributed by atoms with E-state index in [0.717, 1.165) is 10.0 Å². The van der Waals surface area contributed by atoms with Crippen LogP contribution in [0.25, 0.3) is 0 Å². The number of benzene rings is 2. The monoisotopic (exact) mass is 349 g/mol. The van der Waals surface area contributed by atoms with Gasteiger partial charge in [0.1, 0.15) is 12.2 Å². The van der Waals surface area contributed by atoms with Crippen molar-refractivity contribution in [3.8, 4) is 5.75 Å². The number of esters is 1. The smallest absolute Gasteiger partial charge is 0.341 e. The van der Waals surface area contributed by atoms with Crippen LogP contribution in [0.3, 0.4) is 0 Å². The molecule has 0 heterocycles. The highest BCUT2D eigenvalue weighted by atomic mass is 79.9. The van der Waals surface area contributed by atoms with Crippen LogP contribution in [-0.4, -0.2) is 12.6 Å². The minimum Gasteiger partial charge on any atom is -0.486 e. The lowest BCUT2D eigenvalue weighted by Gasteiger charge is -2.13. The quantitative estimate of drug-likeness (QED) is 0.658. The molecule has 2 rings (SSSR count). The van der Waals surface area contributed by atoms with Crippen LogP contribution in [0.1, 0.15) is 22.8 Å². The van der Waals surface area contributed by atoms with Crippen molar-refractivity contribution in [2.75, 3.05) is 12.3 Å². The first-order valence-electron chi connectivity index (χ1n) is 6.54. The van der Waals surface area contributed by atoms with E-state index in [1.165, 1.54) is 0 Å². The van der Waals surface area contributed by atoms with Crippen molar-refractivity contribution >= 4 is 27.6 Å². The number of nitrogen functional groups attached to an aromatic ring is 1. The van der Waals surface area contributed by atoms with Gasteiger partial charge in [-0.3, -0.25) is 0 Å². The lowest BCUT2D eigenvalue weighted by molar-refractivity contribution is 0.0521. The molecule has 0 fully saturated rings. The third kappa shape index (κ3) is 3.98. The first-order valence-corrected chi connectivity index (χ1v) is 7.34. The second kappa shape index (κ2) is 7.13. The predicted molar refractivity (Wildman–Crippen MR) is 85.3 cm³/mol. The SMILES string of the molecule is CCOC(=O)c1cccc(N)c1OCc1cccc(Br)c1. The van der Waals surface area contributed by atoms with E-state index in [2.05, 4.69) is 15.9 Å². The van der Waals surface area contributed by atoms with Crippen molar-refractivity contribution < 1.29 is 14.3 Å². The second-order valence-corrected chi connectivity index (χ2v) is 5.28. The molecule has 110 valence electrons. The Balaban J connectivity index is 2.21. The lowest BCUT2D eigenvalue weighted by Crippen LogP contribution is -2.09. The molecule has 0 aliphatic heterocycles. The van der Waals surface area contributed by atoms with Gasteiger partial charge >= 0.3 is 5.97 Å². The van der Waals surface area contributed by atoms with Gasteiger partial charge in [0, 0.05) is 4.47 Å². The second-order valence-electron chi connectivity index (χ2n) is 4.36. The van der Waals surface area contributed by atoms with Gasteiger partial charge in [-0.15, -0.1) is 0 Å². The Morgan fingerprint density at radius 3 is 2.71 bits per heavy atom. The van der Waals surface area contributed by atoms with Gasteiger partial charge in [0.2, 0.25) is 0 Å². The van der Waals surface area contributed by atoms with Crippen molar-refractivity contribution in [1.82, 2.24) is 0 Å². The molecule has 0 spiro atoms. The van der Waals surface area contributed by atoms with Crippen LogP contribution in [0.5, 0.6) is 5.75 Å². The summed E-state index contributed by atoms with van der Waals surface area (Å²) in [5, 5.41) is 0. The molecular weight excluding hydrogens is 334 g/mol. The third-order valence-corrected chi connectivity index (χ3v) is 3.31. The third-order valence-electron chi connectivity index (χ3n) is 2.81. The molecule has 0 aliphatic carbocycles. The van der Waals surface area contributed by atoms with Crippen LogP contribution in [0.2, 0.25) is 0 Å². The van der Waals surface area contributed by atoms with Crippen molar-refractivity contribution in [2.24, 2.45) is 0 Å². The number of ether oxygens (including phenoxy) is 2. The average molecular weight is 350 g/mol. The summed E-state index contributed by atoms with van der Waals surface area (Å²) in [5.74, 6) is -0.0787. The van der Waals surface area contributed by atoms with Gasteiger partial charge in [-0.2, -0.15) is 0 Å². The molecular formula is C16H16BrNO3. The maximum absolute atomic E-state index is 11.9. The van der Waals surface area contributed by atoms with Gasteiger partial charge < -0.3 is 15.2 Å². The van der Waals surface area contributed by atoms with E-state index in [1.54, 1.807) is 25.1 Å². The summed E-state index contributed by atoms with van der Waals surface area (Å²) < 4.78 is 11.7. The minimum absolute atomic E-state index is 0.304. The van der Waals surface area contributed by atoms with Gasteiger partial charge in [0.05, 0.1) is 12.3 Å². The van der Waals surface area contributed by atoms with E-state index in [-0.39, 0.29) is 0 Å². The number of carbonyl (C=O) groups excluding carboxylic acids is 1. The zero-order chi connectivity index (χ0) is 15.2. The lowest BCUT2D eigenvalue weighted by atomic mass is 10.1. The Kier molecular flexibility index (Phi) is 5.22. The minimum atomic E-state index is -0.436. The Bertz CT molecular complexity index is 643. The van der Waals surface area contributed by atoms with Crippen LogP contribution in [-0.2, 0) is 11.3 Å². The van der Waals surface area contributed by atoms with Gasteiger partial charge in [-0.1, -0.05) is 34.1 Å². The molecule has 0 amide bonds. The molecule has 2 aromatic rings. The standard InChI is InChI=1S/C16H16BrNO3/c1-2-20-16(19)13-7-4-8-14(18)15(13)21-10-11-5-3-6-12(17)9-11/h3-9H,2,10,18H2,1H3. The van der Waals surface area contributed by atoms with Crippen LogP contribution in [0, 0.1) is 0 Å². The fraction of sp³-hybridized carbons (Fsp3) is 0.188. The summed E-state index contributed by atoms with van der Waals surface area (Å²) >= 11 is 3.41. The van der Waals surface area contributed by atoms with E-state index < -0.39 is 5.97 Å². The van der Waals surface area contributed by atoms with Gasteiger partial charge in [0.15, 0.2) is 5.75 Å². The van der Waals surface area contributed by atoms with Crippen molar-refractivity contribution in [1.29, 1.82) is 0 Å². The van der Waals surface area contributed by atoms with Crippen LogP contribution in [0.4, 0.5) is 5.69 Å². The number of anilines is 1. The maximum Gasteiger partial charge on any atom is 0.341 e. The van der Waals surface area contributed by atoms with E-state index in [1.807, 2.05) is 24.3 Å². The highest BCUT2D eigenvalue weighted by molar-refractivity contribution is 9.10. The Morgan fingerprint density at radius 1 is 1.24 bits per heavy atom. The molecule has 2 N–H and O–H groups in total. The number of para-hydroxylation sites is 1. The number of carbonyl (C=O) groups is 1. The molecule has 0 saturated heterocycles. The molecule has 0 bridgehead atoms. The first-order chi connectivity index (χ1) is 10.1. The maximum atomic E-state index is 11.9. The predicted octanol–water partition coefficient (Wildman–Crippen LogP) is 3.79. The Morgan fingerprint density at radius 2 is 2.00 bits per heavy atom. The van der Waals surface area contributed by atoms with E-state index in [4.69, 9.17) is 15.2 Å². The summed E-state index contributed by atoms with van der Waals surface area (Å²) in [4.78, 5) is 11.9. The molecule has 21 heavy (non-hydrogen) atoms. The number of nitrogens with two attached hydrogens (primary N) is 1. The molecule has 0 saturated carbocycles. The van der Waals surface area contributed by atoms with Crippen LogP contribution >= 0.6 is 15.9 Å². The van der Waals surface area contributed by atoms with Crippen LogP contribution < -0.4 is 10.5 Å². The Labute approximate surface area is 132 Å². The van der Waals surface area contributed by atoms with Gasteiger partial charge in [0.25, 0.3) is 0 Å². The number of rotatable bonds is 5. The zero-order valence-electron chi connectivity index (χ0n) is 11.6. The van der Waals surface area contributed by atoms with E-state index >= 15 is 0 Å². The fourth-order valence-corrected chi connectivity index (χ4v) is 2.31. The van der Waals surface area contributed by atoms with E-state index in [0.29, 0.717) is 30.2 Å². The van der Waals surface area contributed by atoms with Crippen molar-refractivity contribution in [3.05, 3.63) is 58.1 Å². The van der Waals surface area contributed by atoms with Gasteiger partial charge in [-0.05, 0) is 36.8 Å². The van der Waals surface area contributed by atoms with Crippen molar-refractivity contribution in [2.45, 2.75) is 13.5 Å². The molecule has 0 atom stereocenters. The molecule has 0 aliphatic rings. The summed E-state index contributed by atoms with van der Waals surface area (Å²) in [5.41, 5.74) is 7.63. The molecule has 0 aromatic heterocycles.